The van der Waals surface area contributed by atoms with E-state index in [0.717, 1.165) is 12.1 Å². The maximum absolute atomic E-state index is 14.5. The number of halogens is 6. The van der Waals surface area contributed by atoms with Gasteiger partial charge in [0.2, 0.25) is 0 Å². The van der Waals surface area contributed by atoms with E-state index in [2.05, 4.69) is 5.32 Å². The molecule has 11 heteroatoms. The van der Waals surface area contributed by atoms with E-state index in [4.69, 9.17) is 0 Å². The molecule has 0 unspecified atom stereocenters. The molecule has 0 fully saturated rings. The fourth-order valence-electron chi connectivity index (χ4n) is 4.28. The number of aliphatic hydroxyl groups is 1. The smallest absolute Gasteiger partial charge is 0.385 e. The van der Waals surface area contributed by atoms with Crippen LogP contribution in [0.5, 0.6) is 0 Å². The third kappa shape index (κ3) is 3.06. The number of hydrogen-bond donors (Lipinski definition) is 2. The van der Waals surface area contributed by atoms with E-state index in [1.54, 1.807) is 0 Å². The van der Waals surface area contributed by atoms with Gasteiger partial charge in [-0.25, -0.2) is 21.6 Å². The van der Waals surface area contributed by atoms with E-state index in [0.29, 0.717) is 12.1 Å². The Hall–Kier alpha value is -2.27. The Bertz CT molecular complexity index is 1130. The zero-order valence-electron chi connectivity index (χ0n) is 15.1. The number of sulfone groups is 1. The summed E-state index contributed by atoms with van der Waals surface area (Å²) in [6.45, 7) is 0.277. The van der Waals surface area contributed by atoms with Crippen LogP contribution in [0.1, 0.15) is 40.7 Å². The summed E-state index contributed by atoms with van der Waals surface area (Å²) in [6.07, 6.45) is -4.34. The van der Waals surface area contributed by atoms with Crippen LogP contribution in [0.15, 0.2) is 29.2 Å². The quantitative estimate of drug-likeness (QED) is 0.674. The first kappa shape index (κ1) is 21.0. The number of aliphatic hydroxyl groups excluding tert-OH is 1. The van der Waals surface area contributed by atoms with Gasteiger partial charge in [0, 0.05) is 41.8 Å². The minimum atomic E-state index is -5.84. The minimum Gasteiger partial charge on any atom is -0.385 e. The van der Waals surface area contributed by atoms with Crippen molar-refractivity contribution in [2.75, 3.05) is 11.9 Å². The molecule has 0 saturated heterocycles. The molecule has 3 atom stereocenters. The van der Waals surface area contributed by atoms with Crippen LogP contribution in [0.3, 0.4) is 0 Å². The molecule has 162 valence electrons. The summed E-state index contributed by atoms with van der Waals surface area (Å²) in [5, 5.41) is 13.0. The molecule has 2 aromatic rings. The Morgan fingerprint density at radius 2 is 1.80 bits per heavy atom. The van der Waals surface area contributed by atoms with Crippen molar-refractivity contribution in [3.05, 3.63) is 58.2 Å². The number of nitrogens with one attached hydrogen (secondary N) is 1. The Morgan fingerprint density at radius 1 is 1.10 bits per heavy atom. The van der Waals surface area contributed by atoms with Gasteiger partial charge in [-0.1, -0.05) is 6.07 Å². The van der Waals surface area contributed by atoms with Crippen LogP contribution in [-0.2, 0) is 16.3 Å². The molecular formula is C19H15F6NO3S. The highest BCUT2D eigenvalue weighted by Crippen LogP contribution is 2.48. The minimum absolute atomic E-state index is 0.0491. The molecule has 2 N–H and O–H groups in total. The molecule has 2 aliphatic rings. The van der Waals surface area contributed by atoms with Crippen molar-refractivity contribution in [3.8, 4) is 0 Å². The van der Waals surface area contributed by atoms with Gasteiger partial charge in [0.15, 0.2) is 0 Å². The van der Waals surface area contributed by atoms with Crippen LogP contribution < -0.4 is 5.32 Å². The highest BCUT2D eigenvalue weighted by molar-refractivity contribution is 7.92. The highest BCUT2D eigenvalue weighted by atomic mass is 32.2. The summed E-state index contributed by atoms with van der Waals surface area (Å²) in [6, 6.07) is 3.49. The van der Waals surface area contributed by atoms with Crippen molar-refractivity contribution in [2.45, 2.75) is 41.4 Å². The van der Waals surface area contributed by atoms with E-state index in [9.17, 15) is 39.9 Å². The molecule has 4 nitrogen and oxygen atoms in total. The van der Waals surface area contributed by atoms with Crippen LogP contribution in [-0.4, -0.2) is 31.7 Å². The molecule has 0 bridgehead atoms. The molecule has 1 aliphatic heterocycles. The molecule has 2 aromatic carbocycles. The Morgan fingerprint density at radius 3 is 2.47 bits per heavy atom. The van der Waals surface area contributed by atoms with E-state index in [1.807, 2.05) is 0 Å². The number of anilines is 1. The second kappa shape index (κ2) is 6.88. The number of rotatable bonds is 2. The zero-order valence-corrected chi connectivity index (χ0v) is 15.9. The second-order valence-corrected chi connectivity index (χ2v) is 9.19. The predicted octanol–water partition coefficient (Wildman–Crippen LogP) is 4.13. The van der Waals surface area contributed by atoms with Gasteiger partial charge in [-0.05, 0) is 29.7 Å². The van der Waals surface area contributed by atoms with Crippen LogP contribution in [0.4, 0.5) is 32.0 Å². The summed E-state index contributed by atoms with van der Waals surface area (Å²) in [5.74, 6) is -2.50. The summed E-state index contributed by atoms with van der Waals surface area (Å²) in [7, 11) is -5.84. The lowest BCUT2D eigenvalue weighted by Gasteiger charge is -2.29. The monoisotopic (exact) mass is 451 g/mol. The van der Waals surface area contributed by atoms with Crippen molar-refractivity contribution in [1.29, 1.82) is 0 Å². The third-order valence-electron chi connectivity index (χ3n) is 5.55. The fraction of sp³-hybridized carbons (Fsp3) is 0.368. The van der Waals surface area contributed by atoms with Crippen molar-refractivity contribution >= 4 is 15.5 Å². The van der Waals surface area contributed by atoms with Gasteiger partial charge in [-0.3, -0.25) is 0 Å². The van der Waals surface area contributed by atoms with Gasteiger partial charge in [-0.2, -0.15) is 13.2 Å². The second-order valence-electron chi connectivity index (χ2n) is 7.28. The summed E-state index contributed by atoms with van der Waals surface area (Å²) in [4.78, 5) is -1.21. The third-order valence-corrected chi connectivity index (χ3v) is 7.10. The number of fused-ring (bicyclic) bond motifs is 2. The lowest BCUT2D eigenvalue weighted by Crippen LogP contribution is -2.26. The topological polar surface area (TPSA) is 66.4 Å². The maximum atomic E-state index is 14.5. The Balaban J connectivity index is 1.94. The molecule has 1 aliphatic carbocycles. The van der Waals surface area contributed by atoms with E-state index in [-0.39, 0.29) is 35.3 Å². The summed E-state index contributed by atoms with van der Waals surface area (Å²) in [5.41, 5.74) is -5.98. The van der Waals surface area contributed by atoms with E-state index >= 15 is 0 Å². The van der Waals surface area contributed by atoms with Crippen molar-refractivity contribution < 1.29 is 39.9 Å². The molecule has 0 spiro atoms. The first-order valence-electron chi connectivity index (χ1n) is 8.95. The van der Waals surface area contributed by atoms with E-state index < -0.39 is 62.1 Å². The standard InChI is InChI=1S/C19H15F6NO3S/c20-8-5-12(21)16-10(3-4-26-14(16)6-8)9-1-2-15(30(28,29)19(23,24)25)17-11(9)7-13(22)18(17)27/h1-2,5-6,10,13,18,26-27H,3-4,7H2/t10-,13+,18+/m0/s1. The molecule has 0 aromatic heterocycles. The molecule has 0 amide bonds. The zero-order chi connectivity index (χ0) is 22.0. The lowest BCUT2D eigenvalue weighted by molar-refractivity contribution is -0.0437. The summed E-state index contributed by atoms with van der Waals surface area (Å²) < 4.78 is 106. The number of alkyl halides is 4. The number of hydrogen-bond acceptors (Lipinski definition) is 4. The summed E-state index contributed by atoms with van der Waals surface area (Å²) >= 11 is 0. The highest BCUT2D eigenvalue weighted by Gasteiger charge is 2.50. The molecule has 4 rings (SSSR count). The maximum Gasteiger partial charge on any atom is 0.501 e. The SMILES string of the molecule is O=S(=O)(c1ccc([C@@H]2CCNc3cc(F)cc(F)c32)c2c1[C@H](O)[C@H](F)C2)C(F)(F)F. The lowest BCUT2D eigenvalue weighted by atomic mass is 9.81. The van der Waals surface area contributed by atoms with Gasteiger partial charge in [-0.15, -0.1) is 0 Å². The van der Waals surface area contributed by atoms with Gasteiger partial charge in [0.25, 0.3) is 9.84 Å². The number of benzene rings is 2. The molecular weight excluding hydrogens is 436 g/mol. The Kier molecular flexibility index (Phi) is 4.81. The van der Waals surface area contributed by atoms with Crippen molar-refractivity contribution in [3.63, 3.8) is 0 Å². The van der Waals surface area contributed by atoms with Crippen LogP contribution in [0.2, 0.25) is 0 Å². The van der Waals surface area contributed by atoms with Gasteiger partial charge in [0.05, 0.1) is 4.90 Å². The molecule has 1 heterocycles. The molecule has 0 saturated carbocycles. The normalized spacial score (nSPS) is 23.6. The van der Waals surface area contributed by atoms with E-state index in [1.165, 1.54) is 0 Å². The van der Waals surface area contributed by atoms with Crippen molar-refractivity contribution in [2.24, 2.45) is 0 Å². The average Bonchev–Trinajstić information content (AvgIpc) is 2.94. The largest absolute Gasteiger partial charge is 0.501 e. The van der Waals surface area contributed by atoms with Crippen LogP contribution in [0.25, 0.3) is 0 Å². The first-order chi connectivity index (χ1) is 13.9. The predicted molar refractivity (Wildman–Crippen MR) is 94.6 cm³/mol. The van der Waals surface area contributed by atoms with Crippen LogP contribution >= 0.6 is 0 Å². The van der Waals surface area contributed by atoms with Gasteiger partial charge >= 0.3 is 5.51 Å². The molecule has 0 radical (unpaired) electrons. The molecule has 30 heavy (non-hydrogen) atoms. The van der Waals surface area contributed by atoms with Gasteiger partial charge < -0.3 is 10.4 Å². The van der Waals surface area contributed by atoms with Crippen molar-refractivity contribution in [1.82, 2.24) is 0 Å². The Labute approximate surface area is 167 Å². The van der Waals surface area contributed by atoms with Crippen LogP contribution in [0, 0.1) is 11.6 Å². The first-order valence-corrected chi connectivity index (χ1v) is 10.4. The fourth-order valence-corrected chi connectivity index (χ4v) is 5.31. The average molecular weight is 451 g/mol. The van der Waals surface area contributed by atoms with Gasteiger partial charge in [0.1, 0.15) is 23.9 Å².